The molecule has 1 N–H and O–H groups in total. The maximum atomic E-state index is 13.1. The normalized spacial score (nSPS) is 15.1. The minimum Gasteiger partial charge on any atom is -0.384 e. The fourth-order valence-corrected chi connectivity index (χ4v) is 1.58. The molecular weight excluding hydrogens is 169 g/mol. The van der Waals surface area contributed by atoms with Gasteiger partial charge in [-0.05, 0) is 19.1 Å². The molecule has 0 bridgehead atoms. The van der Waals surface area contributed by atoms with E-state index in [-0.39, 0.29) is 11.6 Å². The van der Waals surface area contributed by atoms with Crippen LogP contribution in [0, 0.1) is 12.7 Å². The summed E-state index contributed by atoms with van der Waals surface area (Å²) in [6.45, 7) is 2.29. The zero-order valence-electron chi connectivity index (χ0n) is 7.36. The zero-order chi connectivity index (χ0) is 9.42. The molecule has 0 spiro atoms. The number of ketones is 1. The Morgan fingerprint density at radius 1 is 1.46 bits per heavy atom. The molecule has 1 aromatic rings. The molecule has 0 unspecified atom stereocenters. The molecule has 0 aliphatic carbocycles. The summed E-state index contributed by atoms with van der Waals surface area (Å²) < 4.78 is 13.1. The van der Waals surface area contributed by atoms with Gasteiger partial charge in [0.15, 0.2) is 5.78 Å². The number of hydrogen-bond donors (Lipinski definition) is 1. The van der Waals surface area contributed by atoms with Gasteiger partial charge in [-0.1, -0.05) is 0 Å². The van der Waals surface area contributed by atoms with Crippen LogP contribution >= 0.6 is 0 Å². The molecule has 0 amide bonds. The standard InChI is InChI=1S/C10H10FNO/c1-6-8(11)3-2-7-9(13)4-5-12-10(6)7/h2-3,12H,4-5H2,1H3. The first-order valence-corrected chi connectivity index (χ1v) is 4.26. The molecular formula is C10H10FNO. The van der Waals surface area contributed by atoms with Crippen molar-refractivity contribution in [3.8, 4) is 0 Å². The second-order valence-electron chi connectivity index (χ2n) is 3.19. The van der Waals surface area contributed by atoms with E-state index in [9.17, 15) is 9.18 Å². The molecule has 2 nitrogen and oxygen atoms in total. The Labute approximate surface area is 75.8 Å². The van der Waals surface area contributed by atoms with Crippen molar-refractivity contribution >= 4 is 11.5 Å². The second kappa shape index (κ2) is 2.83. The van der Waals surface area contributed by atoms with E-state index >= 15 is 0 Å². The average Bonchev–Trinajstić information content (AvgIpc) is 2.12. The van der Waals surface area contributed by atoms with E-state index in [0.29, 0.717) is 29.8 Å². The van der Waals surface area contributed by atoms with Crippen LogP contribution < -0.4 is 5.32 Å². The van der Waals surface area contributed by atoms with E-state index in [0.717, 1.165) is 0 Å². The predicted octanol–water partition coefficient (Wildman–Crippen LogP) is 2.13. The fourth-order valence-electron chi connectivity index (χ4n) is 1.58. The van der Waals surface area contributed by atoms with Crippen molar-refractivity contribution in [2.75, 3.05) is 11.9 Å². The lowest BCUT2D eigenvalue weighted by molar-refractivity contribution is 0.0983. The van der Waals surface area contributed by atoms with Gasteiger partial charge in [0.1, 0.15) is 5.82 Å². The molecule has 0 saturated carbocycles. The van der Waals surface area contributed by atoms with Crippen LogP contribution in [0.5, 0.6) is 0 Å². The van der Waals surface area contributed by atoms with E-state index in [4.69, 9.17) is 0 Å². The van der Waals surface area contributed by atoms with Gasteiger partial charge in [-0.25, -0.2) is 4.39 Å². The maximum absolute atomic E-state index is 13.1. The van der Waals surface area contributed by atoms with E-state index in [1.54, 1.807) is 13.0 Å². The number of fused-ring (bicyclic) bond motifs is 1. The molecule has 0 atom stereocenters. The smallest absolute Gasteiger partial charge is 0.166 e. The Morgan fingerprint density at radius 3 is 3.00 bits per heavy atom. The highest BCUT2D eigenvalue weighted by Crippen LogP contribution is 2.27. The molecule has 0 aromatic heterocycles. The van der Waals surface area contributed by atoms with Gasteiger partial charge in [-0.3, -0.25) is 4.79 Å². The maximum Gasteiger partial charge on any atom is 0.166 e. The number of halogens is 1. The molecule has 1 aliphatic rings. The molecule has 1 aromatic carbocycles. The highest BCUT2D eigenvalue weighted by Gasteiger charge is 2.19. The van der Waals surface area contributed by atoms with E-state index < -0.39 is 0 Å². The Hall–Kier alpha value is -1.38. The van der Waals surface area contributed by atoms with Gasteiger partial charge in [0, 0.05) is 24.1 Å². The molecule has 2 rings (SSSR count). The molecule has 0 fully saturated rings. The van der Waals surface area contributed by atoms with Crippen LogP contribution in [0.25, 0.3) is 0 Å². The zero-order valence-corrected chi connectivity index (χ0v) is 7.36. The second-order valence-corrected chi connectivity index (χ2v) is 3.19. The van der Waals surface area contributed by atoms with E-state index in [1.165, 1.54) is 6.07 Å². The number of nitrogens with one attached hydrogen (secondary N) is 1. The SMILES string of the molecule is Cc1c(F)ccc2c1NCCC2=O. The van der Waals surface area contributed by atoms with Gasteiger partial charge in [-0.15, -0.1) is 0 Å². The van der Waals surface area contributed by atoms with Gasteiger partial charge in [0.05, 0.1) is 5.69 Å². The Morgan fingerprint density at radius 2 is 2.23 bits per heavy atom. The molecule has 13 heavy (non-hydrogen) atoms. The molecule has 1 aliphatic heterocycles. The number of rotatable bonds is 0. The Balaban J connectivity index is 2.63. The van der Waals surface area contributed by atoms with Gasteiger partial charge in [0.25, 0.3) is 0 Å². The summed E-state index contributed by atoms with van der Waals surface area (Å²) in [7, 11) is 0. The summed E-state index contributed by atoms with van der Waals surface area (Å²) in [6, 6.07) is 2.89. The lowest BCUT2D eigenvalue weighted by Crippen LogP contribution is -2.19. The largest absolute Gasteiger partial charge is 0.384 e. The van der Waals surface area contributed by atoms with Crippen molar-refractivity contribution in [2.45, 2.75) is 13.3 Å². The van der Waals surface area contributed by atoms with Crippen LogP contribution in [0.3, 0.4) is 0 Å². The van der Waals surface area contributed by atoms with Crippen LogP contribution in [0.1, 0.15) is 22.3 Å². The monoisotopic (exact) mass is 179 g/mol. The first-order valence-electron chi connectivity index (χ1n) is 4.26. The van der Waals surface area contributed by atoms with E-state index in [2.05, 4.69) is 5.32 Å². The summed E-state index contributed by atoms with van der Waals surface area (Å²) >= 11 is 0. The van der Waals surface area contributed by atoms with Crippen LogP contribution in [-0.4, -0.2) is 12.3 Å². The van der Waals surface area contributed by atoms with Crippen LogP contribution in [0.15, 0.2) is 12.1 Å². The number of benzene rings is 1. The molecule has 68 valence electrons. The fraction of sp³-hybridized carbons (Fsp3) is 0.300. The molecule has 0 saturated heterocycles. The van der Waals surface area contributed by atoms with Crippen molar-refractivity contribution in [3.63, 3.8) is 0 Å². The van der Waals surface area contributed by atoms with Crippen molar-refractivity contribution in [3.05, 3.63) is 29.1 Å². The lowest BCUT2D eigenvalue weighted by Gasteiger charge is -2.19. The van der Waals surface area contributed by atoms with Crippen LogP contribution in [0.4, 0.5) is 10.1 Å². The summed E-state index contributed by atoms with van der Waals surface area (Å²) in [5, 5.41) is 3.04. The minimum atomic E-state index is -0.263. The van der Waals surface area contributed by atoms with Crippen molar-refractivity contribution < 1.29 is 9.18 Å². The van der Waals surface area contributed by atoms with Gasteiger partial charge in [-0.2, -0.15) is 0 Å². The first-order chi connectivity index (χ1) is 6.20. The number of hydrogen-bond acceptors (Lipinski definition) is 2. The molecule has 3 heteroatoms. The van der Waals surface area contributed by atoms with Crippen molar-refractivity contribution in [1.82, 2.24) is 0 Å². The number of carbonyl (C=O) groups is 1. The summed E-state index contributed by atoms with van der Waals surface area (Å²) in [5.41, 5.74) is 1.81. The number of anilines is 1. The van der Waals surface area contributed by atoms with Crippen molar-refractivity contribution in [1.29, 1.82) is 0 Å². The highest BCUT2D eigenvalue weighted by molar-refractivity contribution is 6.03. The molecule has 1 heterocycles. The highest BCUT2D eigenvalue weighted by atomic mass is 19.1. The van der Waals surface area contributed by atoms with Crippen LogP contribution in [0.2, 0.25) is 0 Å². The van der Waals surface area contributed by atoms with Crippen molar-refractivity contribution in [2.24, 2.45) is 0 Å². The predicted molar refractivity (Wildman–Crippen MR) is 48.6 cm³/mol. The van der Waals surface area contributed by atoms with Gasteiger partial charge >= 0.3 is 0 Å². The third kappa shape index (κ3) is 1.20. The van der Waals surface area contributed by atoms with Crippen LogP contribution in [-0.2, 0) is 0 Å². The van der Waals surface area contributed by atoms with E-state index in [1.807, 2.05) is 0 Å². The van der Waals surface area contributed by atoms with Gasteiger partial charge < -0.3 is 5.32 Å². The Bertz CT molecular complexity index is 373. The Kier molecular flexibility index (Phi) is 1.79. The molecule has 0 radical (unpaired) electrons. The summed E-state index contributed by atoms with van der Waals surface area (Å²) in [6.07, 6.45) is 0.498. The average molecular weight is 179 g/mol. The number of Topliss-reactive ketones (excluding diaryl/α,β-unsaturated/α-hetero) is 1. The summed E-state index contributed by atoms with van der Waals surface area (Å²) in [5.74, 6) is -0.169. The third-order valence-electron chi connectivity index (χ3n) is 2.35. The number of carbonyl (C=O) groups excluding carboxylic acids is 1. The third-order valence-corrected chi connectivity index (χ3v) is 2.35. The van der Waals surface area contributed by atoms with Gasteiger partial charge in [0.2, 0.25) is 0 Å². The first kappa shape index (κ1) is 8.23. The summed E-state index contributed by atoms with van der Waals surface area (Å²) in [4.78, 5) is 11.4. The minimum absolute atomic E-state index is 0.0943. The quantitative estimate of drug-likeness (QED) is 0.661. The topological polar surface area (TPSA) is 29.1 Å². The lowest BCUT2D eigenvalue weighted by atomic mass is 9.99.